The van der Waals surface area contributed by atoms with Crippen molar-refractivity contribution in [3.63, 3.8) is 0 Å². The molecule has 152 valence electrons. The molecule has 3 aromatic carbocycles. The van der Waals surface area contributed by atoms with Crippen molar-refractivity contribution >= 4 is 33.4 Å². The number of hydrogen-bond acceptors (Lipinski definition) is 3. The van der Waals surface area contributed by atoms with Gasteiger partial charge >= 0.3 is 0 Å². The molecule has 0 fully saturated rings. The Morgan fingerprint density at radius 3 is 2.53 bits per heavy atom. The normalized spacial score (nSPS) is 15.7. The van der Waals surface area contributed by atoms with E-state index in [0.717, 1.165) is 32.6 Å². The van der Waals surface area contributed by atoms with Crippen LogP contribution < -0.4 is 10.1 Å². The molecule has 0 radical (unpaired) electrons. The number of carbonyl (C=O) groups is 2. The Labute approximate surface area is 183 Å². The molecular formula is C24H21BrN2O3. The topological polar surface area (TPSA) is 58.6 Å². The molecule has 1 atom stereocenters. The number of methoxy groups -OCH3 is 1. The van der Waals surface area contributed by atoms with Crippen LogP contribution in [0, 0.1) is 0 Å². The first-order valence-corrected chi connectivity index (χ1v) is 10.4. The van der Waals surface area contributed by atoms with E-state index in [2.05, 4.69) is 21.2 Å². The van der Waals surface area contributed by atoms with Crippen molar-refractivity contribution in [2.24, 2.45) is 0 Å². The van der Waals surface area contributed by atoms with Gasteiger partial charge in [-0.2, -0.15) is 0 Å². The zero-order valence-electron chi connectivity index (χ0n) is 16.5. The van der Waals surface area contributed by atoms with Gasteiger partial charge in [-0.1, -0.05) is 58.4 Å². The first-order valence-electron chi connectivity index (χ1n) is 9.62. The zero-order valence-corrected chi connectivity index (χ0v) is 18.1. The number of ether oxygens (including phenoxy) is 1. The molecule has 1 N–H and O–H groups in total. The average molecular weight is 465 g/mol. The lowest BCUT2D eigenvalue weighted by atomic mass is 9.95. The van der Waals surface area contributed by atoms with E-state index >= 15 is 0 Å². The summed E-state index contributed by atoms with van der Waals surface area (Å²) in [6.45, 7) is -0.0130. The zero-order chi connectivity index (χ0) is 21.1. The summed E-state index contributed by atoms with van der Waals surface area (Å²) < 4.78 is 6.08. The van der Waals surface area contributed by atoms with Gasteiger partial charge in [0.05, 0.1) is 19.6 Å². The van der Waals surface area contributed by atoms with E-state index in [1.54, 1.807) is 12.0 Å². The van der Waals surface area contributed by atoms with Crippen LogP contribution in [0.3, 0.4) is 0 Å². The Kier molecular flexibility index (Phi) is 5.86. The predicted molar refractivity (Wildman–Crippen MR) is 119 cm³/mol. The lowest BCUT2D eigenvalue weighted by molar-refractivity contribution is -0.135. The highest BCUT2D eigenvalue weighted by atomic mass is 79.9. The minimum Gasteiger partial charge on any atom is -0.497 e. The lowest BCUT2D eigenvalue weighted by Gasteiger charge is -2.31. The van der Waals surface area contributed by atoms with Gasteiger partial charge < -0.3 is 15.0 Å². The third kappa shape index (κ3) is 4.24. The second-order valence-electron chi connectivity index (χ2n) is 7.14. The van der Waals surface area contributed by atoms with Crippen molar-refractivity contribution in [2.45, 2.75) is 12.5 Å². The molecule has 3 aromatic rings. The van der Waals surface area contributed by atoms with Crippen molar-refractivity contribution in [3.05, 3.63) is 94.0 Å². The SMILES string of the molecule is COc1ccc(CC(=O)N2CC(=O)Nc3ccc(Br)cc3[C@@H]2c2ccccc2)cc1. The molecule has 1 aliphatic rings. The molecule has 4 rings (SSSR count). The summed E-state index contributed by atoms with van der Waals surface area (Å²) in [6, 6.07) is 22.5. The maximum absolute atomic E-state index is 13.4. The van der Waals surface area contributed by atoms with Crippen LogP contribution in [0.5, 0.6) is 5.75 Å². The number of nitrogens with one attached hydrogen (secondary N) is 1. The molecule has 0 bridgehead atoms. The highest BCUT2D eigenvalue weighted by molar-refractivity contribution is 9.10. The average Bonchev–Trinajstić information content (AvgIpc) is 2.90. The van der Waals surface area contributed by atoms with Gasteiger partial charge in [-0.05, 0) is 41.5 Å². The smallest absolute Gasteiger partial charge is 0.244 e. The molecule has 0 saturated carbocycles. The van der Waals surface area contributed by atoms with Crippen molar-refractivity contribution in [3.8, 4) is 5.75 Å². The Morgan fingerprint density at radius 2 is 1.83 bits per heavy atom. The van der Waals surface area contributed by atoms with E-state index in [0.29, 0.717) is 0 Å². The van der Waals surface area contributed by atoms with Crippen LogP contribution >= 0.6 is 15.9 Å². The molecule has 0 saturated heterocycles. The summed E-state index contributed by atoms with van der Waals surface area (Å²) in [5.74, 6) is 0.415. The largest absolute Gasteiger partial charge is 0.497 e. The van der Waals surface area contributed by atoms with Gasteiger partial charge in [-0.3, -0.25) is 9.59 Å². The van der Waals surface area contributed by atoms with Crippen LogP contribution in [0.4, 0.5) is 5.69 Å². The molecule has 30 heavy (non-hydrogen) atoms. The number of anilines is 1. The van der Waals surface area contributed by atoms with E-state index in [4.69, 9.17) is 4.74 Å². The number of hydrogen-bond donors (Lipinski definition) is 1. The van der Waals surface area contributed by atoms with Crippen LogP contribution in [0.25, 0.3) is 0 Å². The summed E-state index contributed by atoms with van der Waals surface area (Å²) >= 11 is 3.53. The standard InChI is InChI=1S/C24H21BrN2O3/c1-30-19-10-7-16(8-11-19)13-23(29)27-15-22(28)26-21-12-9-18(25)14-20(21)24(27)17-5-3-2-4-6-17/h2-12,14,24H,13,15H2,1H3,(H,26,28)/t24-/m0/s1. The van der Waals surface area contributed by atoms with Gasteiger partial charge in [0.25, 0.3) is 0 Å². The number of rotatable bonds is 4. The highest BCUT2D eigenvalue weighted by Gasteiger charge is 2.33. The second kappa shape index (κ2) is 8.71. The van der Waals surface area contributed by atoms with Crippen LogP contribution in [-0.4, -0.2) is 30.4 Å². The Bertz CT molecular complexity index is 1070. The van der Waals surface area contributed by atoms with Crippen LogP contribution in [0.15, 0.2) is 77.3 Å². The van der Waals surface area contributed by atoms with E-state index in [1.165, 1.54) is 0 Å². The monoisotopic (exact) mass is 464 g/mol. The maximum atomic E-state index is 13.4. The molecule has 5 nitrogen and oxygen atoms in total. The van der Waals surface area contributed by atoms with Crippen LogP contribution in [-0.2, 0) is 16.0 Å². The molecule has 0 aromatic heterocycles. The summed E-state index contributed by atoms with van der Waals surface area (Å²) in [5, 5.41) is 2.94. The summed E-state index contributed by atoms with van der Waals surface area (Å²) in [7, 11) is 1.61. The maximum Gasteiger partial charge on any atom is 0.244 e. The molecule has 0 spiro atoms. The van der Waals surface area contributed by atoms with Gasteiger partial charge in [0, 0.05) is 15.7 Å². The highest BCUT2D eigenvalue weighted by Crippen LogP contribution is 2.37. The van der Waals surface area contributed by atoms with Crippen molar-refractivity contribution in [1.82, 2.24) is 4.90 Å². The van der Waals surface area contributed by atoms with E-state index in [-0.39, 0.29) is 30.8 Å². The molecule has 0 aliphatic carbocycles. The van der Waals surface area contributed by atoms with Gasteiger partial charge in [0.1, 0.15) is 12.3 Å². The molecule has 1 heterocycles. The van der Waals surface area contributed by atoms with Gasteiger partial charge in [0.15, 0.2) is 0 Å². The fourth-order valence-electron chi connectivity index (χ4n) is 3.72. The Morgan fingerprint density at radius 1 is 1.10 bits per heavy atom. The summed E-state index contributed by atoms with van der Waals surface area (Å²) in [6.07, 6.45) is 0.198. The van der Waals surface area contributed by atoms with Crippen molar-refractivity contribution in [1.29, 1.82) is 0 Å². The predicted octanol–water partition coefficient (Wildman–Crippen LogP) is 4.57. The molecule has 2 amide bonds. The van der Waals surface area contributed by atoms with E-state index in [9.17, 15) is 9.59 Å². The Hall–Kier alpha value is -3.12. The summed E-state index contributed by atoms with van der Waals surface area (Å²) in [5.41, 5.74) is 3.42. The van der Waals surface area contributed by atoms with Crippen molar-refractivity contribution in [2.75, 3.05) is 19.0 Å². The fraction of sp³-hybridized carbons (Fsp3) is 0.167. The number of benzene rings is 3. The number of carbonyl (C=O) groups excluding carboxylic acids is 2. The number of amides is 2. The number of nitrogens with zero attached hydrogens (tertiary/aromatic N) is 1. The third-order valence-electron chi connectivity index (χ3n) is 5.16. The first-order chi connectivity index (χ1) is 14.5. The number of fused-ring (bicyclic) bond motifs is 1. The Balaban J connectivity index is 1.75. The molecule has 1 aliphatic heterocycles. The van der Waals surface area contributed by atoms with E-state index < -0.39 is 0 Å². The fourth-order valence-corrected chi connectivity index (χ4v) is 4.10. The minimum absolute atomic E-state index is 0.0130. The van der Waals surface area contributed by atoms with Crippen molar-refractivity contribution < 1.29 is 14.3 Å². The number of halogens is 1. The van der Waals surface area contributed by atoms with Crippen LogP contribution in [0.1, 0.15) is 22.7 Å². The van der Waals surface area contributed by atoms with Gasteiger partial charge in [-0.15, -0.1) is 0 Å². The third-order valence-corrected chi connectivity index (χ3v) is 5.65. The van der Waals surface area contributed by atoms with E-state index in [1.807, 2.05) is 72.8 Å². The summed E-state index contributed by atoms with van der Waals surface area (Å²) in [4.78, 5) is 27.7. The minimum atomic E-state index is -0.372. The van der Waals surface area contributed by atoms with Gasteiger partial charge in [0.2, 0.25) is 11.8 Å². The van der Waals surface area contributed by atoms with Crippen LogP contribution in [0.2, 0.25) is 0 Å². The lowest BCUT2D eigenvalue weighted by Crippen LogP contribution is -2.39. The second-order valence-corrected chi connectivity index (χ2v) is 8.06. The quantitative estimate of drug-likeness (QED) is 0.614. The molecular weight excluding hydrogens is 444 g/mol. The van der Waals surface area contributed by atoms with Gasteiger partial charge in [-0.25, -0.2) is 0 Å². The molecule has 6 heteroatoms. The molecule has 0 unspecified atom stereocenters. The first kappa shape index (κ1) is 20.2.